The lowest BCUT2D eigenvalue weighted by Crippen LogP contribution is -2.74. The monoisotopic (exact) mass is 937 g/mol. The van der Waals surface area contributed by atoms with Crippen molar-refractivity contribution < 1.29 is 28.7 Å². The van der Waals surface area contributed by atoms with Crippen molar-refractivity contribution in [2.45, 2.75) is 118 Å². The Hall–Kier alpha value is -5.49. The summed E-state index contributed by atoms with van der Waals surface area (Å²) in [4.78, 5) is 61.2. The Kier molecular flexibility index (Phi) is 15.9. The third-order valence-corrected chi connectivity index (χ3v) is 14.2. The molecule has 1 aromatic heterocycles. The summed E-state index contributed by atoms with van der Waals surface area (Å²) in [6, 6.07) is 20.7. The number of rotatable bonds is 18. The van der Waals surface area contributed by atoms with E-state index in [1.165, 1.54) is 0 Å². The molecule has 3 aromatic carbocycles. The van der Waals surface area contributed by atoms with Crippen LogP contribution in [0.2, 0.25) is 5.02 Å². The zero-order chi connectivity index (χ0) is 48.0. The number of benzene rings is 3. The molecule has 3 atom stereocenters. The van der Waals surface area contributed by atoms with Crippen LogP contribution in [0.25, 0.3) is 10.4 Å². The summed E-state index contributed by atoms with van der Waals surface area (Å²) in [5, 5.41) is 22.2. The van der Waals surface area contributed by atoms with Gasteiger partial charge >= 0.3 is 0 Å². The molecular formula is C51H64ClN7O6S. The van der Waals surface area contributed by atoms with Crippen molar-refractivity contribution in [2.24, 2.45) is 16.2 Å². The van der Waals surface area contributed by atoms with Crippen LogP contribution in [0.1, 0.15) is 114 Å². The first-order valence-corrected chi connectivity index (χ1v) is 24.0. The number of carbonyl (C=O) groups excluding carboxylic acids is 4. The van der Waals surface area contributed by atoms with E-state index in [4.69, 9.17) is 21.1 Å². The molecular weight excluding hydrogens is 874 g/mol. The maximum absolute atomic E-state index is 14.0. The smallest absolute Gasteiger partial charge is 0.251 e. The minimum atomic E-state index is -0.839. The van der Waals surface area contributed by atoms with Crippen LogP contribution in [-0.4, -0.2) is 84.0 Å². The largest absolute Gasteiger partial charge is 0.489 e. The third-order valence-electron chi connectivity index (χ3n) is 12.9. The second kappa shape index (κ2) is 21.0. The van der Waals surface area contributed by atoms with E-state index in [1.807, 2.05) is 76.5 Å². The Morgan fingerprint density at radius 2 is 1.68 bits per heavy atom. The Morgan fingerprint density at radius 1 is 0.985 bits per heavy atom. The molecule has 66 heavy (non-hydrogen) atoms. The summed E-state index contributed by atoms with van der Waals surface area (Å²) in [6.07, 6.45) is 2.53. The molecule has 4 N–H and O–H groups in total. The van der Waals surface area contributed by atoms with Gasteiger partial charge in [0.25, 0.3) is 5.91 Å². The lowest BCUT2D eigenvalue weighted by atomic mass is 9.49. The number of amides is 4. The van der Waals surface area contributed by atoms with E-state index in [-0.39, 0.29) is 59.3 Å². The van der Waals surface area contributed by atoms with Gasteiger partial charge in [-0.3, -0.25) is 19.2 Å². The molecule has 2 heterocycles. The fourth-order valence-electron chi connectivity index (χ4n) is 9.49. The van der Waals surface area contributed by atoms with Gasteiger partial charge in [0.1, 0.15) is 36.6 Å². The van der Waals surface area contributed by atoms with Crippen molar-refractivity contribution in [2.75, 3.05) is 31.6 Å². The van der Waals surface area contributed by atoms with Gasteiger partial charge in [-0.25, -0.2) is 4.98 Å². The number of hydrogen-bond donors (Lipinski definition) is 4. The highest BCUT2D eigenvalue weighted by atomic mass is 35.5. The first-order valence-electron chi connectivity index (χ1n) is 22.7. The molecule has 2 fully saturated rings. The average Bonchev–Trinajstić information content (AvgIpc) is 3.95. The maximum Gasteiger partial charge on any atom is 0.251 e. The highest BCUT2D eigenvalue weighted by Crippen LogP contribution is 2.55. The van der Waals surface area contributed by atoms with Crippen molar-refractivity contribution in [1.29, 1.82) is 5.26 Å². The molecule has 4 aromatic rings. The summed E-state index contributed by atoms with van der Waals surface area (Å²) in [6.45, 7) is 19.2. The fourth-order valence-corrected chi connectivity index (χ4v) is 10.5. The molecule has 352 valence electrons. The molecule has 2 aliphatic rings. The number of thiazole rings is 1. The number of anilines is 1. The van der Waals surface area contributed by atoms with Gasteiger partial charge in [0.2, 0.25) is 17.7 Å². The number of likely N-dealkylation sites (tertiary alicyclic amines) is 1. The Balaban J connectivity index is 0.894. The number of nitrogens with zero attached hydrogens (tertiary/aromatic N) is 3. The highest BCUT2D eigenvalue weighted by Gasteiger charge is 2.64. The molecule has 6 rings (SSSR count). The summed E-state index contributed by atoms with van der Waals surface area (Å²) in [7, 11) is 0. The predicted octanol–water partition coefficient (Wildman–Crippen LogP) is 8.86. The number of aromatic nitrogens is 1. The summed E-state index contributed by atoms with van der Waals surface area (Å²) < 4.78 is 12.1. The predicted molar refractivity (Wildman–Crippen MR) is 259 cm³/mol. The van der Waals surface area contributed by atoms with Crippen LogP contribution in [0.5, 0.6) is 5.75 Å². The summed E-state index contributed by atoms with van der Waals surface area (Å²) >= 11 is 7.84. The van der Waals surface area contributed by atoms with Crippen LogP contribution in [0.4, 0.5) is 5.69 Å². The van der Waals surface area contributed by atoms with Gasteiger partial charge in [-0.2, -0.15) is 5.26 Å². The van der Waals surface area contributed by atoms with Crippen LogP contribution in [-0.2, 0) is 19.1 Å². The van der Waals surface area contributed by atoms with Crippen molar-refractivity contribution in [3.63, 3.8) is 0 Å². The molecule has 0 spiro atoms. The molecule has 15 heteroatoms. The topological polar surface area (TPSA) is 175 Å². The van der Waals surface area contributed by atoms with E-state index in [0.29, 0.717) is 60.9 Å². The Bertz CT molecular complexity index is 2390. The number of ether oxygens (including phenoxy) is 2. The normalized spacial score (nSPS) is 19.4. The lowest BCUT2D eigenvalue weighted by Gasteiger charge is -2.63. The van der Waals surface area contributed by atoms with Crippen LogP contribution in [0.3, 0.4) is 0 Å². The fraction of sp³-hybridized carbons (Fsp3) is 0.490. The lowest BCUT2D eigenvalue weighted by molar-refractivity contribution is -0.164. The summed E-state index contributed by atoms with van der Waals surface area (Å²) in [5.41, 5.74) is 5.32. The van der Waals surface area contributed by atoms with E-state index < -0.39 is 17.5 Å². The minimum absolute atomic E-state index is 0.155. The molecule has 0 radical (unpaired) electrons. The van der Waals surface area contributed by atoms with Crippen LogP contribution >= 0.6 is 22.9 Å². The molecule has 4 amide bonds. The maximum atomic E-state index is 14.0. The average molecular weight is 939 g/mol. The highest BCUT2D eigenvalue weighted by molar-refractivity contribution is 7.13. The number of unbranched alkanes of at least 4 members (excludes halogenated alkanes) is 1. The Labute approximate surface area is 398 Å². The first kappa shape index (κ1) is 49.9. The minimum Gasteiger partial charge on any atom is -0.489 e. The van der Waals surface area contributed by atoms with Crippen LogP contribution in [0.15, 0.2) is 72.2 Å². The van der Waals surface area contributed by atoms with E-state index in [9.17, 15) is 24.4 Å². The molecule has 1 aliphatic heterocycles. The van der Waals surface area contributed by atoms with Crippen molar-refractivity contribution in [3.8, 4) is 22.3 Å². The number of carbonyl (C=O) groups is 4. The molecule has 1 saturated carbocycles. The SMILES string of the molecule is Cc1ncsc1-c1ccc([C@H](C)NC(=O)[C@@H]2CCCN2C(=O)[C@@H](NC(=O)COCCCCNc2ccc(C(=O)NC3C(C)(C)C(Oc4ccc(C#N)c(Cl)c4)C3(C)C)cc2)C(C)(C)C)cc1. The van der Waals surface area contributed by atoms with Gasteiger partial charge in [-0.05, 0) is 92.5 Å². The number of nitrogens with one attached hydrogen (secondary N) is 4. The standard InChI is InChI=1S/C51H64ClN7O6S/c1-31(33-14-16-34(17-15-33)42-32(2)55-30-66-42)56-45(62)40-13-12-25-59(40)46(63)43(49(3,4)5)57-41(60)29-64-26-11-10-24-54-37-21-18-35(19-22-37)44(61)58-47-50(6,7)48(51(47,8)9)65-38-23-20-36(28-53)39(52)27-38/h14-23,27,30-31,40,43,47-48,54H,10-13,24-26,29H2,1-9H3,(H,56,62)(H,57,60)(H,58,61)/t31-,40-,43+,47?,48?/m0/s1. The number of aryl methyl sites for hydroxylation is 1. The zero-order valence-electron chi connectivity index (χ0n) is 39.5. The second-order valence-corrected chi connectivity index (χ2v) is 21.0. The zero-order valence-corrected chi connectivity index (χ0v) is 41.1. The molecule has 13 nitrogen and oxygen atoms in total. The number of halogens is 1. The van der Waals surface area contributed by atoms with Crippen LogP contribution in [0, 0.1) is 34.5 Å². The van der Waals surface area contributed by atoms with Crippen LogP contribution < -0.4 is 26.0 Å². The van der Waals surface area contributed by atoms with Crippen molar-refractivity contribution in [3.05, 3.63) is 99.6 Å². The number of nitriles is 1. The van der Waals surface area contributed by atoms with E-state index in [2.05, 4.69) is 60.0 Å². The number of hydrogen-bond acceptors (Lipinski definition) is 10. The molecule has 1 saturated heterocycles. The van der Waals surface area contributed by atoms with Crippen molar-refractivity contribution in [1.82, 2.24) is 25.8 Å². The molecule has 0 bridgehead atoms. The van der Waals surface area contributed by atoms with Gasteiger partial charge in [-0.15, -0.1) is 11.3 Å². The third kappa shape index (κ3) is 11.5. The second-order valence-electron chi connectivity index (χ2n) is 19.7. The van der Waals surface area contributed by atoms with Gasteiger partial charge in [-0.1, -0.05) is 84.3 Å². The first-order chi connectivity index (χ1) is 31.2. The van der Waals surface area contributed by atoms with Gasteiger partial charge < -0.3 is 35.6 Å². The van der Waals surface area contributed by atoms with E-state index in [1.54, 1.807) is 46.6 Å². The van der Waals surface area contributed by atoms with Gasteiger partial charge in [0.15, 0.2) is 0 Å². The quantitative estimate of drug-likeness (QED) is 0.0711. The van der Waals surface area contributed by atoms with Gasteiger partial charge in [0, 0.05) is 53.9 Å². The van der Waals surface area contributed by atoms with Crippen molar-refractivity contribution >= 4 is 52.3 Å². The van der Waals surface area contributed by atoms with Gasteiger partial charge in [0.05, 0.1) is 32.7 Å². The summed E-state index contributed by atoms with van der Waals surface area (Å²) in [5.74, 6) is -0.455. The molecule has 1 aliphatic carbocycles. The Morgan fingerprint density at radius 3 is 2.30 bits per heavy atom. The van der Waals surface area contributed by atoms with E-state index >= 15 is 0 Å². The molecule has 0 unspecified atom stereocenters. The van der Waals surface area contributed by atoms with E-state index in [0.717, 1.165) is 33.8 Å².